The Morgan fingerprint density at radius 2 is 1.86 bits per heavy atom. The summed E-state index contributed by atoms with van der Waals surface area (Å²) in [6.45, 7) is 3.08. The molecule has 0 aromatic heterocycles. The highest BCUT2D eigenvalue weighted by Gasteiger charge is 2.00. The Hall–Kier alpha value is -0.810. The standard InChI is InChI=1S/C9H22N4O/c1-12(2)7-8-13(3)6-4-5-9(10)11-14/h14H,4-8H2,1-3H3,(H2,10,11). The number of hydrogen-bond donors (Lipinski definition) is 2. The van der Waals surface area contributed by atoms with Crippen molar-refractivity contribution in [1.29, 1.82) is 0 Å². The molecule has 0 aromatic rings. The van der Waals surface area contributed by atoms with Gasteiger partial charge in [0, 0.05) is 19.5 Å². The molecule has 0 fully saturated rings. The second-order valence-corrected chi connectivity index (χ2v) is 3.80. The minimum atomic E-state index is 0.311. The predicted molar refractivity (Wildman–Crippen MR) is 58.7 cm³/mol. The van der Waals surface area contributed by atoms with Crippen molar-refractivity contribution < 1.29 is 5.21 Å². The molecule has 0 heterocycles. The van der Waals surface area contributed by atoms with Crippen LogP contribution in [0.1, 0.15) is 12.8 Å². The van der Waals surface area contributed by atoms with Crippen LogP contribution < -0.4 is 5.73 Å². The summed E-state index contributed by atoms with van der Waals surface area (Å²) in [6.07, 6.45) is 1.59. The van der Waals surface area contributed by atoms with Gasteiger partial charge in [-0.1, -0.05) is 5.16 Å². The maximum absolute atomic E-state index is 8.32. The van der Waals surface area contributed by atoms with Crippen LogP contribution in [0.3, 0.4) is 0 Å². The highest BCUT2D eigenvalue weighted by Crippen LogP contribution is 1.93. The van der Waals surface area contributed by atoms with Crippen molar-refractivity contribution in [3.63, 3.8) is 0 Å². The number of nitrogens with two attached hydrogens (primary N) is 1. The number of likely N-dealkylation sites (N-methyl/N-ethyl adjacent to an activating group) is 2. The quantitative estimate of drug-likeness (QED) is 0.264. The molecule has 0 rings (SSSR count). The summed E-state index contributed by atoms with van der Waals surface area (Å²) < 4.78 is 0. The van der Waals surface area contributed by atoms with Crippen LogP contribution in [0.25, 0.3) is 0 Å². The number of oxime groups is 1. The Morgan fingerprint density at radius 3 is 2.36 bits per heavy atom. The zero-order chi connectivity index (χ0) is 11.0. The van der Waals surface area contributed by atoms with Gasteiger partial charge in [-0.15, -0.1) is 0 Å². The smallest absolute Gasteiger partial charge is 0.139 e. The van der Waals surface area contributed by atoms with Gasteiger partial charge < -0.3 is 20.7 Å². The summed E-state index contributed by atoms with van der Waals surface area (Å²) >= 11 is 0. The molecule has 0 saturated heterocycles. The second-order valence-electron chi connectivity index (χ2n) is 3.80. The van der Waals surface area contributed by atoms with Crippen molar-refractivity contribution >= 4 is 5.84 Å². The van der Waals surface area contributed by atoms with Crippen LogP contribution in [-0.4, -0.2) is 61.6 Å². The molecule has 0 unspecified atom stereocenters. The van der Waals surface area contributed by atoms with E-state index in [0.29, 0.717) is 12.3 Å². The number of nitrogens with zero attached hydrogens (tertiary/aromatic N) is 3. The summed E-state index contributed by atoms with van der Waals surface area (Å²) in [6, 6.07) is 0. The SMILES string of the molecule is CN(C)CCN(C)CCCC(N)=NO. The fourth-order valence-electron chi connectivity index (χ4n) is 1.06. The van der Waals surface area contributed by atoms with E-state index >= 15 is 0 Å². The Morgan fingerprint density at radius 1 is 1.21 bits per heavy atom. The zero-order valence-corrected chi connectivity index (χ0v) is 9.40. The largest absolute Gasteiger partial charge is 0.409 e. The molecular weight excluding hydrogens is 180 g/mol. The molecule has 0 bridgehead atoms. The molecule has 0 aliphatic heterocycles. The average Bonchev–Trinajstić information content (AvgIpc) is 2.14. The monoisotopic (exact) mass is 202 g/mol. The first-order valence-electron chi connectivity index (χ1n) is 4.86. The topological polar surface area (TPSA) is 65.1 Å². The van der Waals surface area contributed by atoms with Gasteiger partial charge in [0.2, 0.25) is 0 Å². The van der Waals surface area contributed by atoms with E-state index in [0.717, 1.165) is 26.1 Å². The third-order valence-electron chi connectivity index (χ3n) is 2.03. The normalized spacial score (nSPS) is 12.8. The van der Waals surface area contributed by atoms with E-state index in [2.05, 4.69) is 36.1 Å². The van der Waals surface area contributed by atoms with E-state index in [4.69, 9.17) is 10.9 Å². The van der Waals surface area contributed by atoms with Gasteiger partial charge >= 0.3 is 0 Å². The second kappa shape index (κ2) is 7.58. The number of hydrogen-bond acceptors (Lipinski definition) is 4. The highest BCUT2D eigenvalue weighted by atomic mass is 16.4. The molecule has 0 spiro atoms. The molecule has 3 N–H and O–H groups in total. The maximum atomic E-state index is 8.32. The van der Waals surface area contributed by atoms with Gasteiger partial charge in [-0.05, 0) is 34.1 Å². The lowest BCUT2D eigenvalue weighted by Gasteiger charge is -2.18. The van der Waals surface area contributed by atoms with Gasteiger partial charge in [0.05, 0.1) is 0 Å². The van der Waals surface area contributed by atoms with Crippen LogP contribution in [-0.2, 0) is 0 Å². The number of amidine groups is 1. The summed E-state index contributed by atoms with van der Waals surface area (Å²) in [5.74, 6) is 0.311. The Kier molecular flexibility index (Phi) is 7.14. The third kappa shape index (κ3) is 7.82. The van der Waals surface area contributed by atoms with E-state index in [9.17, 15) is 0 Å². The first-order chi connectivity index (χ1) is 6.56. The average molecular weight is 202 g/mol. The van der Waals surface area contributed by atoms with E-state index in [1.54, 1.807) is 0 Å². The Balaban J connectivity index is 3.40. The van der Waals surface area contributed by atoms with Gasteiger partial charge in [0.15, 0.2) is 0 Å². The van der Waals surface area contributed by atoms with Crippen molar-refractivity contribution in [2.24, 2.45) is 10.9 Å². The first kappa shape index (κ1) is 13.2. The van der Waals surface area contributed by atoms with Gasteiger partial charge in [-0.25, -0.2) is 0 Å². The molecular formula is C9H22N4O. The van der Waals surface area contributed by atoms with Gasteiger partial charge in [-0.3, -0.25) is 0 Å². The zero-order valence-electron chi connectivity index (χ0n) is 9.40. The molecule has 5 nitrogen and oxygen atoms in total. The van der Waals surface area contributed by atoms with Crippen LogP contribution in [0.2, 0.25) is 0 Å². The molecule has 0 aliphatic carbocycles. The highest BCUT2D eigenvalue weighted by molar-refractivity contribution is 5.79. The van der Waals surface area contributed by atoms with Crippen molar-refractivity contribution in [2.75, 3.05) is 40.8 Å². The van der Waals surface area contributed by atoms with Gasteiger partial charge in [0.25, 0.3) is 0 Å². The molecule has 0 radical (unpaired) electrons. The molecule has 0 aromatic carbocycles. The molecule has 5 heteroatoms. The molecule has 84 valence electrons. The summed E-state index contributed by atoms with van der Waals surface area (Å²) in [5, 5.41) is 11.2. The predicted octanol–water partition coefficient (Wildman–Crippen LogP) is 0.00640. The van der Waals surface area contributed by atoms with E-state index in [1.165, 1.54) is 0 Å². The molecule has 14 heavy (non-hydrogen) atoms. The van der Waals surface area contributed by atoms with Crippen molar-refractivity contribution in [3.8, 4) is 0 Å². The van der Waals surface area contributed by atoms with Crippen molar-refractivity contribution in [1.82, 2.24) is 9.80 Å². The van der Waals surface area contributed by atoms with Crippen molar-refractivity contribution in [2.45, 2.75) is 12.8 Å². The van der Waals surface area contributed by atoms with E-state index < -0.39 is 0 Å². The third-order valence-corrected chi connectivity index (χ3v) is 2.03. The van der Waals surface area contributed by atoms with Crippen LogP contribution >= 0.6 is 0 Å². The van der Waals surface area contributed by atoms with Crippen LogP contribution in [0.4, 0.5) is 0 Å². The van der Waals surface area contributed by atoms with Crippen LogP contribution in [0.15, 0.2) is 5.16 Å². The first-order valence-corrected chi connectivity index (χ1v) is 4.86. The lowest BCUT2D eigenvalue weighted by atomic mass is 10.3. The molecule has 0 aliphatic rings. The Labute approximate surface area is 86.2 Å². The number of rotatable bonds is 7. The lowest BCUT2D eigenvalue weighted by Crippen LogP contribution is -2.29. The van der Waals surface area contributed by atoms with Gasteiger partial charge in [0.1, 0.15) is 5.84 Å². The summed E-state index contributed by atoms with van der Waals surface area (Å²) in [4.78, 5) is 4.39. The van der Waals surface area contributed by atoms with Crippen molar-refractivity contribution in [3.05, 3.63) is 0 Å². The summed E-state index contributed by atoms with van der Waals surface area (Å²) in [7, 11) is 6.20. The Bertz CT molecular complexity index is 170. The van der Waals surface area contributed by atoms with E-state index in [-0.39, 0.29) is 0 Å². The molecule has 0 saturated carbocycles. The fourth-order valence-corrected chi connectivity index (χ4v) is 1.06. The van der Waals surface area contributed by atoms with Gasteiger partial charge in [-0.2, -0.15) is 0 Å². The maximum Gasteiger partial charge on any atom is 0.139 e. The minimum Gasteiger partial charge on any atom is -0.409 e. The molecule has 0 atom stereocenters. The lowest BCUT2D eigenvalue weighted by molar-refractivity contribution is 0.279. The fraction of sp³-hybridized carbons (Fsp3) is 0.889. The van der Waals surface area contributed by atoms with Crippen LogP contribution in [0, 0.1) is 0 Å². The minimum absolute atomic E-state index is 0.311. The van der Waals surface area contributed by atoms with E-state index in [1.807, 2.05) is 0 Å². The molecule has 0 amide bonds. The van der Waals surface area contributed by atoms with Crippen LogP contribution in [0.5, 0.6) is 0 Å². The summed E-state index contributed by atoms with van der Waals surface area (Å²) in [5.41, 5.74) is 5.35.